The number of ether oxygens (including phenoxy) is 1. The molecule has 5 nitrogen and oxygen atoms in total. The standard InChI is InChI=1S/C14H16N2O3/c1-15-6-7-19-9-10(15)8-16-13(17)11-4-2-3-5-12(11)14(16)18/h2-5,10H,6-9H2,1H3/t10-/m1/s1. The van der Waals surface area contributed by atoms with E-state index in [0.29, 0.717) is 30.9 Å². The minimum Gasteiger partial charge on any atom is -0.378 e. The molecule has 1 atom stereocenters. The van der Waals surface area contributed by atoms with Gasteiger partial charge in [0.1, 0.15) is 0 Å². The highest BCUT2D eigenvalue weighted by atomic mass is 16.5. The first-order valence-corrected chi connectivity index (χ1v) is 6.41. The largest absolute Gasteiger partial charge is 0.378 e. The van der Waals surface area contributed by atoms with Crippen LogP contribution < -0.4 is 0 Å². The maximum absolute atomic E-state index is 12.2. The highest BCUT2D eigenvalue weighted by molar-refractivity contribution is 6.21. The third-order valence-electron chi connectivity index (χ3n) is 3.79. The molecule has 1 saturated heterocycles. The SMILES string of the molecule is CN1CCOC[C@H]1CN1C(=O)c2ccccc2C1=O. The molecule has 2 heterocycles. The van der Waals surface area contributed by atoms with Gasteiger partial charge in [0.05, 0.1) is 30.4 Å². The molecule has 0 saturated carbocycles. The lowest BCUT2D eigenvalue weighted by atomic mass is 10.1. The van der Waals surface area contributed by atoms with E-state index in [1.54, 1.807) is 24.3 Å². The van der Waals surface area contributed by atoms with Gasteiger partial charge in [0.15, 0.2) is 0 Å². The Morgan fingerprint density at radius 1 is 1.21 bits per heavy atom. The molecule has 0 radical (unpaired) electrons. The van der Waals surface area contributed by atoms with E-state index in [2.05, 4.69) is 4.90 Å². The number of fused-ring (bicyclic) bond motifs is 1. The fourth-order valence-corrected chi connectivity index (χ4v) is 2.55. The summed E-state index contributed by atoms with van der Waals surface area (Å²) in [5, 5.41) is 0. The van der Waals surface area contributed by atoms with Crippen molar-refractivity contribution in [2.45, 2.75) is 6.04 Å². The lowest BCUT2D eigenvalue weighted by Crippen LogP contribution is -2.50. The van der Waals surface area contributed by atoms with Gasteiger partial charge in [0.2, 0.25) is 0 Å². The Bertz CT molecular complexity index is 494. The van der Waals surface area contributed by atoms with Gasteiger partial charge in [-0.25, -0.2) is 0 Å². The predicted octanol–water partition coefficient (Wildman–Crippen LogP) is 0.613. The Morgan fingerprint density at radius 2 is 1.84 bits per heavy atom. The van der Waals surface area contributed by atoms with E-state index in [1.165, 1.54) is 4.90 Å². The zero-order chi connectivity index (χ0) is 13.4. The summed E-state index contributed by atoms with van der Waals surface area (Å²) < 4.78 is 5.42. The molecule has 2 amide bonds. The summed E-state index contributed by atoms with van der Waals surface area (Å²) >= 11 is 0. The summed E-state index contributed by atoms with van der Waals surface area (Å²) in [5.74, 6) is -0.390. The Balaban J connectivity index is 1.80. The lowest BCUT2D eigenvalue weighted by Gasteiger charge is -2.34. The van der Waals surface area contributed by atoms with Crippen molar-refractivity contribution in [3.8, 4) is 0 Å². The fourth-order valence-electron chi connectivity index (χ4n) is 2.55. The van der Waals surface area contributed by atoms with Crippen LogP contribution in [-0.2, 0) is 4.74 Å². The van der Waals surface area contributed by atoms with Crippen molar-refractivity contribution >= 4 is 11.8 Å². The average Bonchev–Trinajstić information content (AvgIpc) is 2.67. The zero-order valence-electron chi connectivity index (χ0n) is 10.8. The minimum atomic E-state index is -0.195. The number of carbonyl (C=O) groups excluding carboxylic acids is 2. The summed E-state index contributed by atoms with van der Waals surface area (Å²) in [5.41, 5.74) is 1.01. The van der Waals surface area contributed by atoms with Crippen molar-refractivity contribution in [3.05, 3.63) is 35.4 Å². The molecule has 19 heavy (non-hydrogen) atoms. The first-order chi connectivity index (χ1) is 9.18. The molecule has 0 spiro atoms. The second-order valence-corrected chi connectivity index (χ2v) is 4.98. The summed E-state index contributed by atoms with van der Waals surface area (Å²) in [6.45, 7) is 2.48. The maximum atomic E-state index is 12.2. The van der Waals surface area contributed by atoms with Crippen LogP contribution in [0.1, 0.15) is 20.7 Å². The highest BCUT2D eigenvalue weighted by Crippen LogP contribution is 2.23. The van der Waals surface area contributed by atoms with Crippen LogP contribution in [0.25, 0.3) is 0 Å². The Morgan fingerprint density at radius 3 is 2.42 bits per heavy atom. The molecule has 0 bridgehead atoms. The second kappa shape index (κ2) is 4.75. The van der Waals surface area contributed by atoms with E-state index in [0.717, 1.165) is 6.54 Å². The van der Waals surface area contributed by atoms with Crippen molar-refractivity contribution in [2.24, 2.45) is 0 Å². The van der Waals surface area contributed by atoms with Crippen molar-refractivity contribution in [2.75, 3.05) is 33.4 Å². The molecule has 2 aliphatic rings. The monoisotopic (exact) mass is 260 g/mol. The zero-order valence-corrected chi connectivity index (χ0v) is 10.8. The van der Waals surface area contributed by atoms with Crippen LogP contribution in [0, 0.1) is 0 Å². The third-order valence-corrected chi connectivity index (χ3v) is 3.79. The van der Waals surface area contributed by atoms with Gasteiger partial charge in [-0.1, -0.05) is 12.1 Å². The van der Waals surface area contributed by atoms with Gasteiger partial charge >= 0.3 is 0 Å². The van der Waals surface area contributed by atoms with E-state index in [9.17, 15) is 9.59 Å². The molecule has 3 rings (SSSR count). The molecular weight excluding hydrogens is 244 g/mol. The first kappa shape index (κ1) is 12.3. The van der Waals surface area contributed by atoms with E-state index in [-0.39, 0.29) is 17.9 Å². The normalized spacial score (nSPS) is 23.8. The molecule has 0 N–H and O–H groups in total. The number of carbonyl (C=O) groups is 2. The number of amides is 2. The maximum Gasteiger partial charge on any atom is 0.261 e. The summed E-state index contributed by atoms with van der Waals surface area (Å²) in [6, 6.07) is 7.05. The van der Waals surface area contributed by atoms with E-state index in [1.807, 2.05) is 7.05 Å². The highest BCUT2D eigenvalue weighted by Gasteiger charge is 2.37. The van der Waals surface area contributed by atoms with E-state index >= 15 is 0 Å². The summed E-state index contributed by atoms with van der Waals surface area (Å²) in [4.78, 5) is 27.9. The van der Waals surface area contributed by atoms with Crippen molar-refractivity contribution in [3.63, 3.8) is 0 Å². The van der Waals surface area contributed by atoms with Crippen LogP contribution in [-0.4, -0.2) is 61.0 Å². The quantitative estimate of drug-likeness (QED) is 0.731. The van der Waals surface area contributed by atoms with Gasteiger partial charge in [-0.05, 0) is 19.2 Å². The number of hydrogen-bond donors (Lipinski definition) is 0. The fraction of sp³-hybridized carbons (Fsp3) is 0.429. The Labute approximate surface area is 111 Å². The van der Waals surface area contributed by atoms with Gasteiger partial charge in [-0.15, -0.1) is 0 Å². The predicted molar refractivity (Wildman–Crippen MR) is 69.0 cm³/mol. The lowest BCUT2D eigenvalue weighted by molar-refractivity contribution is -0.00384. The molecule has 1 aromatic rings. The number of rotatable bonds is 2. The van der Waals surface area contributed by atoms with Gasteiger partial charge < -0.3 is 4.74 Å². The van der Waals surface area contributed by atoms with Crippen LogP contribution in [0.3, 0.4) is 0 Å². The molecule has 100 valence electrons. The van der Waals surface area contributed by atoms with Crippen molar-refractivity contribution in [1.82, 2.24) is 9.80 Å². The van der Waals surface area contributed by atoms with Gasteiger partial charge in [-0.2, -0.15) is 0 Å². The topological polar surface area (TPSA) is 49.9 Å². The van der Waals surface area contributed by atoms with Crippen LogP contribution in [0.4, 0.5) is 0 Å². The van der Waals surface area contributed by atoms with Gasteiger partial charge in [-0.3, -0.25) is 19.4 Å². The van der Waals surface area contributed by atoms with Gasteiger partial charge in [0.25, 0.3) is 11.8 Å². The molecule has 0 unspecified atom stereocenters. The first-order valence-electron chi connectivity index (χ1n) is 6.41. The summed E-state index contributed by atoms with van der Waals surface area (Å²) in [6.07, 6.45) is 0. The van der Waals surface area contributed by atoms with Crippen molar-refractivity contribution < 1.29 is 14.3 Å². The third kappa shape index (κ3) is 2.05. The van der Waals surface area contributed by atoms with E-state index < -0.39 is 0 Å². The number of likely N-dealkylation sites (N-methyl/N-ethyl adjacent to an activating group) is 1. The number of nitrogens with zero attached hydrogens (tertiary/aromatic N) is 2. The van der Waals surface area contributed by atoms with Crippen LogP contribution in [0.2, 0.25) is 0 Å². The van der Waals surface area contributed by atoms with Crippen LogP contribution in [0.15, 0.2) is 24.3 Å². The molecule has 1 fully saturated rings. The molecule has 0 aromatic heterocycles. The van der Waals surface area contributed by atoms with Crippen LogP contribution in [0.5, 0.6) is 0 Å². The molecule has 0 aliphatic carbocycles. The van der Waals surface area contributed by atoms with Gasteiger partial charge in [0, 0.05) is 13.1 Å². The second-order valence-electron chi connectivity index (χ2n) is 4.98. The number of benzene rings is 1. The van der Waals surface area contributed by atoms with Crippen molar-refractivity contribution in [1.29, 1.82) is 0 Å². The number of hydrogen-bond acceptors (Lipinski definition) is 4. The molecular formula is C14H16N2O3. The molecule has 1 aromatic carbocycles. The Kier molecular flexibility index (Phi) is 3.08. The average molecular weight is 260 g/mol. The number of imide groups is 1. The number of morpholine rings is 1. The summed E-state index contributed by atoms with van der Waals surface area (Å²) in [7, 11) is 1.99. The molecule has 2 aliphatic heterocycles. The van der Waals surface area contributed by atoms with E-state index in [4.69, 9.17) is 4.74 Å². The minimum absolute atomic E-state index is 0.0796. The van der Waals surface area contributed by atoms with Crippen LogP contribution >= 0.6 is 0 Å². The molecule has 5 heteroatoms. The Hall–Kier alpha value is -1.72. The smallest absolute Gasteiger partial charge is 0.261 e.